The number of hydrogen-bond donors (Lipinski definition) is 1. The fourth-order valence-electron chi connectivity index (χ4n) is 2.21. The Hall–Kier alpha value is -1.29. The van der Waals surface area contributed by atoms with E-state index in [1.807, 2.05) is 11.0 Å². The fraction of sp³-hybridized carbons (Fsp3) is 0.583. The molecule has 0 spiro atoms. The van der Waals surface area contributed by atoms with Crippen LogP contribution in [0.15, 0.2) is 16.7 Å². The van der Waals surface area contributed by atoms with Gasteiger partial charge in [0.2, 0.25) is 5.91 Å². The van der Waals surface area contributed by atoms with Crippen LogP contribution < -0.4 is 5.32 Å². The SMILES string of the molecule is CCCN1CCc2ccoc2C(NC)C1=O. The van der Waals surface area contributed by atoms with Crippen LogP contribution in [0.5, 0.6) is 0 Å². The topological polar surface area (TPSA) is 45.5 Å². The quantitative estimate of drug-likeness (QED) is 0.839. The summed E-state index contributed by atoms with van der Waals surface area (Å²) in [5.74, 6) is 0.907. The molecule has 4 heteroatoms. The van der Waals surface area contributed by atoms with Gasteiger partial charge in [0.1, 0.15) is 11.8 Å². The maximum Gasteiger partial charge on any atom is 0.247 e. The predicted molar refractivity (Wildman–Crippen MR) is 61.1 cm³/mol. The molecule has 16 heavy (non-hydrogen) atoms. The van der Waals surface area contributed by atoms with Crippen LogP contribution >= 0.6 is 0 Å². The molecule has 4 nitrogen and oxygen atoms in total. The average Bonchev–Trinajstić information content (AvgIpc) is 2.69. The minimum Gasteiger partial charge on any atom is -0.467 e. The first-order chi connectivity index (χ1) is 7.77. The predicted octanol–water partition coefficient (Wildman–Crippen LogP) is 1.33. The van der Waals surface area contributed by atoms with Gasteiger partial charge in [-0.2, -0.15) is 0 Å². The van der Waals surface area contributed by atoms with E-state index in [-0.39, 0.29) is 11.9 Å². The van der Waals surface area contributed by atoms with Gasteiger partial charge >= 0.3 is 0 Å². The molecule has 0 bridgehead atoms. The highest BCUT2D eigenvalue weighted by atomic mass is 16.3. The van der Waals surface area contributed by atoms with Crippen molar-refractivity contribution in [3.05, 3.63) is 23.7 Å². The summed E-state index contributed by atoms with van der Waals surface area (Å²) < 4.78 is 5.43. The van der Waals surface area contributed by atoms with E-state index in [9.17, 15) is 4.79 Å². The van der Waals surface area contributed by atoms with Crippen molar-refractivity contribution in [3.63, 3.8) is 0 Å². The number of fused-ring (bicyclic) bond motifs is 1. The smallest absolute Gasteiger partial charge is 0.247 e. The summed E-state index contributed by atoms with van der Waals surface area (Å²) in [6, 6.07) is 1.64. The molecule has 2 heterocycles. The van der Waals surface area contributed by atoms with Crippen LogP contribution in [0.25, 0.3) is 0 Å². The average molecular weight is 222 g/mol. The van der Waals surface area contributed by atoms with Gasteiger partial charge < -0.3 is 14.6 Å². The molecule has 0 aromatic carbocycles. The van der Waals surface area contributed by atoms with Gasteiger partial charge in [-0.25, -0.2) is 0 Å². The molecule has 0 saturated carbocycles. The van der Waals surface area contributed by atoms with Crippen molar-refractivity contribution < 1.29 is 9.21 Å². The van der Waals surface area contributed by atoms with Crippen molar-refractivity contribution in [2.24, 2.45) is 0 Å². The number of hydrogen-bond acceptors (Lipinski definition) is 3. The maximum atomic E-state index is 12.2. The highest BCUT2D eigenvalue weighted by Gasteiger charge is 2.31. The number of nitrogens with zero attached hydrogens (tertiary/aromatic N) is 1. The van der Waals surface area contributed by atoms with E-state index < -0.39 is 0 Å². The molecule has 0 saturated heterocycles. The number of furan rings is 1. The Morgan fingerprint density at radius 2 is 2.44 bits per heavy atom. The molecular formula is C12H18N2O2. The van der Waals surface area contributed by atoms with E-state index in [1.54, 1.807) is 13.3 Å². The van der Waals surface area contributed by atoms with Gasteiger partial charge in [-0.15, -0.1) is 0 Å². The zero-order valence-electron chi connectivity index (χ0n) is 9.82. The Morgan fingerprint density at radius 1 is 1.62 bits per heavy atom. The first-order valence-electron chi connectivity index (χ1n) is 5.80. The number of nitrogens with one attached hydrogen (secondary N) is 1. The van der Waals surface area contributed by atoms with Crippen LogP contribution in [0.1, 0.15) is 30.7 Å². The van der Waals surface area contributed by atoms with Gasteiger partial charge in [0.05, 0.1) is 6.26 Å². The number of carbonyl (C=O) groups is 1. The van der Waals surface area contributed by atoms with Crippen LogP contribution in [0, 0.1) is 0 Å². The Kier molecular flexibility index (Phi) is 3.29. The second-order valence-corrected chi connectivity index (χ2v) is 4.11. The van der Waals surface area contributed by atoms with Gasteiger partial charge in [0, 0.05) is 13.1 Å². The van der Waals surface area contributed by atoms with Crippen LogP contribution in [-0.2, 0) is 11.2 Å². The van der Waals surface area contributed by atoms with Gasteiger partial charge in [-0.05, 0) is 31.5 Å². The number of rotatable bonds is 3. The summed E-state index contributed by atoms with van der Waals surface area (Å²) in [6.07, 6.45) is 3.54. The molecule has 0 aliphatic carbocycles. The first-order valence-corrected chi connectivity index (χ1v) is 5.80. The third-order valence-electron chi connectivity index (χ3n) is 3.03. The molecule has 0 radical (unpaired) electrons. The lowest BCUT2D eigenvalue weighted by atomic mass is 10.1. The van der Waals surface area contributed by atoms with Crippen molar-refractivity contribution >= 4 is 5.91 Å². The van der Waals surface area contributed by atoms with E-state index in [2.05, 4.69) is 12.2 Å². The molecule has 88 valence electrons. The molecule has 1 aromatic heterocycles. The Labute approximate surface area is 95.6 Å². The standard InChI is InChI=1S/C12H18N2O2/c1-3-6-14-7-4-9-5-8-16-11(9)10(13-2)12(14)15/h5,8,10,13H,3-4,6-7H2,1-2H3. The second-order valence-electron chi connectivity index (χ2n) is 4.11. The zero-order chi connectivity index (χ0) is 11.5. The highest BCUT2D eigenvalue weighted by molar-refractivity contribution is 5.83. The highest BCUT2D eigenvalue weighted by Crippen LogP contribution is 2.25. The third-order valence-corrected chi connectivity index (χ3v) is 3.03. The number of likely N-dealkylation sites (N-methyl/N-ethyl adjacent to an activating group) is 1. The summed E-state index contributed by atoms with van der Waals surface area (Å²) in [6.45, 7) is 3.70. The van der Waals surface area contributed by atoms with Crippen molar-refractivity contribution in [1.29, 1.82) is 0 Å². The van der Waals surface area contributed by atoms with E-state index in [0.717, 1.165) is 37.3 Å². The maximum absolute atomic E-state index is 12.2. The summed E-state index contributed by atoms with van der Waals surface area (Å²) in [5.41, 5.74) is 1.14. The lowest BCUT2D eigenvalue weighted by Gasteiger charge is -2.23. The van der Waals surface area contributed by atoms with Crippen LogP contribution in [0.2, 0.25) is 0 Å². The summed E-state index contributed by atoms with van der Waals surface area (Å²) in [7, 11) is 1.80. The molecule has 1 N–H and O–H groups in total. The fourth-order valence-corrected chi connectivity index (χ4v) is 2.21. The minimum absolute atomic E-state index is 0.123. The molecule has 1 aromatic rings. The third kappa shape index (κ3) is 1.85. The van der Waals surface area contributed by atoms with Gasteiger partial charge in [0.15, 0.2) is 0 Å². The molecule has 1 aliphatic heterocycles. The van der Waals surface area contributed by atoms with Crippen molar-refractivity contribution in [3.8, 4) is 0 Å². The normalized spacial score (nSPS) is 20.8. The zero-order valence-corrected chi connectivity index (χ0v) is 9.82. The lowest BCUT2D eigenvalue weighted by Crippen LogP contribution is -2.39. The van der Waals surface area contributed by atoms with E-state index in [4.69, 9.17) is 4.42 Å². The second kappa shape index (κ2) is 4.70. The lowest BCUT2D eigenvalue weighted by molar-refractivity contribution is -0.133. The van der Waals surface area contributed by atoms with Crippen LogP contribution in [0.3, 0.4) is 0 Å². The summed E-state index contributed by atoms with van der Waals surface area (Å²) in [5, 5.41) is 3.04. The molecule has 0 fully saturated rings. The van der Waals surface area contributed by atoms with E-state index in [0.29, 0.717) is 0 Å². The van der Waals surface area contributed by atoms with E-state index in [1.165, 1.54) is 0 Å². The number of carbonyl (C=O) groups excluding carboxylic acids is 1. The van der Waals surface area contributed by atoms with Gasteiger partial charge in [0.25, 0.3) is 0 Å². The molecule has 2 rings (SSSR count). The van der Waals surface area contributed by atoms with Crippen molar-refractivity contribution in [2.75, 3.05) is 20.1 Å². The number of amides is 1. The molecular weight excluding hydrogens is 204 g/mol. The monoisotopic (exact) mass is 222 g/mol. The Bertz CT molecular complexity index is 373. The Morgan fingerprint density at radius 3 is 3.12 bits per heavy atom. The first kappa shape index (κ1) is 11.2. The molecule has 1 unspecified atom stereocenters. The van der Waals surface area contributed by atoms with Gasteiger partial charge in [-0.3, -0.25) is 4.79 Å². The minimum atomic E-state index is -0.320. The van der Waals surface area contributed by atoms with Crippen LogP contribution in [0.4, 0.5) is 0 Å². The Balaban J connectivity index is 2.28. The largest absolute Gasteiger partial charge is 0.467 e. The summed E-state index contributed by atoms with van der Waals surface area (Å²) in [4.78, 5) is 14.1. The summed E-state index contributed by atoms with van der Waals surface area (Å²) >= 11 is 0. The van der Waals surface area contributed by atoms with E-state index >= 15 is 0 Å². The van der Waals surface area contributed by atoms with Gasteiger partial charge in [-0.1, -0.05) is 6.92 Å². The molecule has 1 atom stereocenters. The molecule has 1 amide bonds. The van der Waals surface area contributed by atoms with Crippen LogP contribution in [-0.4, -0.2) is 30.9 Å². The van der Waals surface area contributed by atoms with Crippen molar-refractivity contribution in [2.45, 2.75) is 25.8 Å². The van der Waals surface area contributed by atoms with Crippen molar-refractivity contribution in [1.82, 2.24) is 10.2 Å². The molecule has 1 aliphatic rings.